The molecular formula is C23H23F3N2O4S. The molecule has 0 fully saturated rings. The van der Waals surface area contributed by atoms with E-state index in [0.717, 1.165) is 29.1 Å². The number of hydrogen-bond acceptors (Lipinski definition) is 6. The van der Waals surface area contributed by atoms with Gasteiger partial charge in [0.15, 0.2) is 11.9 Å². The molecule has 0 saturated carbocycles. The van der Waals surface area contributed by atoms with Gasteiger partial charge in [0.25, 0.3) is 0 Å². The zero-order valence-corrected chi connectivity index (χ0v) is 18.7. The molecule has 3 rings (SSSR count). The Kier molecular flexibility index (Phi) is 8.40. The van der Waals surface area contributed by atoms with Crippen molar-refractivity contribution in [3.05, 3.63) is 64.8 Å². The van der Waals surface area contributed by atoms with Crippen molar-refractivity contribution in [1.82, 2.24) is 9.97 Å². The van der Waals surface area contributed by atoms with Crippen molar-refractivity contribution < 1.29 is 32.5 Å². The highest BCUT2D eigenvalue weighted by atomic mass is 32.1. The van der Waals surface area contributed by atoms with Crippen molar-refractivity contribution in [3.63, 3.8) is 0 Å². The van der Waals surface area contributed by atoms with Gasteiger partial charge in [-0.3, -0.25) is 0 Å². The Morgan fingerprint density at radius 1 is 1.15 bits per heavy atom. The van der Waals surface area contributed by atoms with Crippen LogP contribution in [0, 0.1) is 0 Å². The zero-order chi connectivity index (χ0) is 23.8. The molecule has 0 saturated heterocycles. The fourth-order valence-corrected chi connectivity index (χ4v) is 4.05. The van der Waals surface area contributed by atoms with E-state index in [2.05, 4.69) is 9.97 Å². The molecule has 2 heterocycles. The number of aliphatic carboxylic acids is 1. The van der Waals surface area contributed by atoms with Crippen LogP contribution >= 0.6 is 11.3 Å². The minimum Gasteiger partial charge on any atom is -0.494 e. The first-order chi connectivity index (χ1) is 15.8. The lowest BCUT2D eigenvalue weighted by Crippen LogP contribution is -2.26. The highest BCUT2D eigenvalue weighted by Crippen LogP contribution is 2.31. The Labute approximate surface area is 193 Å². The summed E-state index contributed by atoms with van der Waals surface area (Å²) in [6.45, 7) is 2.54. The standard InChI is InChI=1S/C23H23F3N2O4S/c1-2-31-18(22(29)30)14-15-5-7-16(8-6-15)32-13-3-4-17-9-10-19(33-17)21-27-12-11-20(28-21)23(24,25)26/h5-12,18H,2-4,13-14H2,1H3,(H,29,30). The van der Waals surface area contributed by atoms with Crippen molar-refractivity contribution in [2.24, 2.45) is 0 Å². The number of thiophene rings is 1. The van der Waals surface area contributed by atoms with Gasteiger partial charge < -0.3 is 14.6 Å². The maximum absolute atomic E-state index is 12.8. The molecule has 0 aliphatic carbocycles. The molecule has 10 heteroatoms. The molecule has 0 radical (unpaired) electrons. The predicted octanol–water partition coefficient (Wildman–Crippen LogP) is 5.27. The summed E-state index contributed by atoms with van der Waals surface area (Å²) < 4.78 is 49.5. The summed E-state index contributed by atoms with van der Waals surface area (Å²) >= 11 is 1.36. The summed E-state index contributed by atoms with van der Waals surface area (Å²) in [5.74, 6) is -0.258. The fourth-order valence-electron chi connectivity index (χ4n) is 3.06. The average molecular weight is 481 g/mol. The number of benzene rings is 1. The molecule has 0 aliphatic heterocycles. The van der Waals surface area contributed by atoms with Crippen molar-refractivity contribution in [3.8, 4) is 16.5 Å². The minimum atomic E-state index is -4.51. The molecule has 2 aromatic heterocycles. The number of carboxylic acid groups (broad SMARTS) is 1. The summed E-state index contributed by atoms with van der Waals surface area (Å²) in [6, 6.07) is 11.6. The quantitative estimate of drug-likeness (QED) is 0.377. The second kappa shape index (κ2) is 11.2. The van der Waals surface area contributed by atoms with Crippen LogP contribution in [-0.4, -0.2) is 40.4 Å². The number of nitrogens with zero attached hydrogens (tertiary/aromatic N) is 2. The van der Waals surface area contributed by atoms with Gasteiger partial charge in [0.2, 0.25) is 0 Å². The fraction of sp³-hybridized carbons (Fsp3) is 0.348. The van der Waals surface area contributed by atoms with Crippen LogP contribution < -0.4 is 4.74 Å². The van der Waals surface area contributed by atoms with Crippen LogP contribution in [0.3, 0.4) is 0 Å². The van der Waals surface area contributed by atoms with Crippen molar-refractivity contribution in [2.75, 3.05) is 13.2 Å². The Morgan fingerprint density at radius 2 is 1.91 bits per heavy atom. The lowest BCUT2D eigenvalue weighted by Gasteiger charge is -2.13. The SMILES string of the molecule is CCOC(Cc1ccc(OCCCc2ccc(-c3nccc(C(F)(F)F)n3)s2)cc1)C(=O)O. The number of rotatable bonds is 11. The third kappa shape index (κ3) is 7.26. The first-order valence-electron chi connectivity index (χ1n) is 10.3. The van der Waals surface area contributed by atoms with Gasteiger partial charge in [-0.25, -0.2) is 14.8 Å². The van der Waals surface area contributed by atoms with Crippen LogP contribution in [0.5, 0.6) is 5.75 Å². The lowest BCUT2D eigenvalue weighted by atomic mass is 10.1. The lowest BCUT2D eigenvalue weighted by molar-refractivity contribution is -0.150. The van der Waals surface area contributed by atoms with E-state index >= 15 is 0 Å². The maximum Gasteiger partial charge on any atom is 0.433 e. The Bertz CT molecular complexity index is 1050. The van der Waals surface area contributed by atoms with E-state index in [4.69, 9.17) is 14.6 Å². The first kappa shape index (κ1) is 24.7. The number of carboxylic acids is 1. The number of alkyl halides is 3. The first-order valence-corrected chi connectivity index (χ1v) is 11.1. The van der Waals surface area contributed by atoms with Crippen molar-refractivity contribution >= 4 is 17.3 Å². The number of hydrogen-bond donors (Lipinski definition) is 1. The molecule has 33 heavy (non-hydrogen) atoms. The number of carbonyl (C=O) groups is 1. The van der Waals surface area contributed by atoms with Gasteiger partial charge in [-0.15, -0.1) is 11.3 Å². The second-order valence-electron chi connectivity index (χ2n) is 7.11. The summed E-state index contributed by atoms with van der Waals surface area (Å²) in [4.78, 5) is 20.3. The van der Waals surface area contributed by atoms with Gasteiger partial charge in [-0.1, -0.05) is 12.1 Å². The van der Waals surface area contributed by atoms with Crippen molar-refractivity contribution in [1.29, 1.82) is 0 Å². The third-order valence-electron chi connectivity index (χ3n) is 4.65. The third-order valence-corrected chi connectivity index (χ3v) is 5.79. The van der Waals surface area contributed by atoms with Crippen molar-refractivity contribution in [2.45, 2.75) is 38.5 Å². The average Bonchev–Trinajstić information content (AvgIpc) is 3.26. The second-order valence-corrected chi connectivity index (χ2v) is 8.28. The molecule has 176 valence electrons. The monoisotopic (exact) mass is 480 g/mol. The van der Waals surface area contributed by atoms with E-state index in [0.29, 0.717) is 30.3 Å². The minimum absolute atomic E-state index is 0.0619. The zero-order valence-electron chi connectivity index (χ0n) is 17.8. The van der Waals surface area contributed by atoms with Gasteiger partial charge in [0, 0.05) is 24.1 Å². The molecule has 0 amide bonds. The van der Waals surface area contributed by atoms with E-state index in [-0.39, 0.29) is 12.2 Å². The van der Waals surface area contributed by atoms with E-state index in [9.17, 15) is 18.0 Å². The molecule has 1 unspecified atom stereocenters. The topological polar surface area (TPSA) is 81.5 Å². The van der Waals surface area contributed by atoms with Gasteiger partial charge in [-0.2, -0.15) is 13.2 Å². The Morgan fingerprint density at radius 3 is 2.58 bits per heavy atom. The number of halogens is 3. The highest BCUT2D eigenvalue weighted by molar-refractivity contribution is 7.15. The van der Waals surface area contributed by atoms with E-state index in [1.54, 1.807) is 25.1 Å². The van der Waals surface area contributed by atoms with Crippen LogP contribution in [0.4, 0.5) is 13.2 Å². The van der Waals surface area contributed by atoms with Crippen LogP contribution in [-0.2, 0) is 28.5 Å². The molecular weight excluding hydrogens is 457 g/mol. The molecule has 1 aromatic carbocycles. The number of ether oxygens (including phenoxy) is 2. The van der Waals surface area contributed by atoms with Crippen LogP contribution in [0.15, 0.2) is 48.7 Å². The predicted molar refractivity (Wildman–Crippen MR) is 117 cm³/mol. The molecule has 0 bridgehead atoms. The smallest absolute Gasteiger partial charge is 0.433 e. The molecule has 1 N–H and O–H groups in total. The van der Waals surface area contributed by atoms with Gasteiger partial charge >= 0.3 is 12.1 Å². The van der Waals surface area contributed by atoms with Gasteiger partial charge in [-0.05, 0) is 55.7 Å². The molecule has 0 aliphatic rings. The van der Waals surface area contributed by atoms with E-state index in [1.807, 2.05) is 18.2 Å². The van der Waals surface area contributed by atoms with E-state index in [1.165, 1.54) is 11.3 Å². The Balaban J connectivity index is 1.47. The maximum atomic E-state index is 12.8. The molecule has 0 spiro atoms. The molecule has 3 aromatic rings. The molecule has 1 atom stereocenters. The van der Waals surface area contributed by atoms with Crippen LogP contribution in [0.25, 0.3) is 10.7 Å². The van der Waals surface area contributed by atoms with Gasteiger partial charge in [0.05, 0.1) is 11.5 Å². The summed E-state index contributed by atoms with van der Waals surface area (Å²) in [7, 11) is 0. The highest BCUT2D eigenvalue weighted by Gasteiger charge is 2.32. The number of aryl methyl sites for hydroxylation is 1. The Hall–Kier alpha value is -2.98. The normalized spacial score (nSPS) is 12.5. The summed E-state index contributed by atoms with van der Waals surface area (Å²) in [5.41, 5.74) is -0.121. The van der Waals surface area contributed by atoms with Crippen LogP contribution in [0.2, 0.25) is 0 Å². The van der Waals surface area contributed by atoms with Crippen LogP contribution in [0.1, 0.15) is 29.5 Å². The largest absolute Gasteiger partial charge is 0.494 e. The summed E-state index contributed by atoms with van der Waals surface area (Å²) in [5, 5.41) is 9.17. The molecule has 6 nitrogen and oxygen atoms in total. The van der Waals surface area contributed by atoms with Gasteiger partial charge in [0.1, 0.15) is 11.4 Å². The summed E-state index contributed by atoms with van der Waals surface area (Å²) in [6.07, 6.45) is -2.57. The number of aromatic nitrogens is 2. The van der Waals surface area contributed by atoms with E-state index < -0.39 is 23.9 Å².